The molecule has 0 aliphatic carbocycles. The highest BCUT2D eigenvalue weighted by molar-refractivity contribution is 5.22. The van der Waals surface area contributed by atoms with Gasteiger partial charge in [-0.3, -0.25) is 0 Å². The highest BCUT2D eigenvalue weighted by atomic mass is 16.5. The van der Waals surface area contributed by atoms with Crippen molar-refractivity contribution in [3.63, 3.8) is 0 Å². The van der Waals surface area contributed by atoms with E-state index in [0.29, 0.717) is 19.8 Å². The zero-order chi connectivity index (χ0) is 13.9. The van der Waals surface area contributed by atoms with Crippen molar-refractivity contribution in [3.05, 3.63) is 35.4 Å². The molecule has 0 bridgehead atoms. The van der Waals surface area contributed by atoms with Crippen LogP contribution in [0.15, 0.2) is 24.3 Å². The van der Waals surface area contributed by atoms with Crippen LogP contribution in [-0.2, 0) is 22.6 Å². The van der Waals surface area contributed by atoms with Gasteiger partial charge >= 0.3 is 0 Å². The number of benzene rings is 1. The average molecular weight is 266 g/mol. The lowest BCUT2D eigenvalue weighted by molar-refractivity contribution is 0.0660. The molecule has 0 unspecified atom stereocenters. The molecule has 0 aromatic heterocycles. The molecule has 1 aromatic rings. The van der Waals surface area contributed by atoms with Crippen LogP contribution in [0.25, 0.3) is 0 Å². The zero-order valence-electron chi connectivity index (χ0n) is 12.1. The first kappa shape index (κ1) is 16.1. The molecule has 0 spiro atoms. The Kier molecular flexibility index (Phi) is 8.41. The second-order valence-electron chi connectivity index (χ2n) is 4.72. The largest absolute Gasteiger partial charge is 0.382 e. The minimum Gasteiger partial charge on any atom is -0.382 e. The van der Waals surface area contributed by atoms with E-state index in [1.807, 2.05) is 0 Å². The third-order valence-corrected chi connectivity index (χ3v) is 2.97. The molecule has 108 valence electrons. The number of hydrogen-bond donors (Lipinski definition) is 1. The predicted molar refractivity (Wildman–Crippen MR) is 78.0 cm³/mol. The van der Waals surface area contributed by atoms with Crippen molar-refractivity contribution in [3.8, 4) is 0 Å². The predicted octanol–water partition coefficient (Wildman–Crippen LogP) is 1.63. The van der Waals surface area contributed by atoms with Crippen LogP contribution in [0.3, 0.4) is 0 Å². The van der Waals surface area contributed by atoms with Crippen LogP contribution in [0, 0.1) is 0 Å². The number of nitrogens with two attached hydrogens (primary N) is 1. The maximum atomic E-state index is 5.58. The quantitative estimate of drug-likeness (QED) is 0.654. The summed E-state index contributed by atoms with van der Waals surface area (Å²) in [5.41, 5.74) is 8.08. The first-order valence-electron chi connectivity index (χ1n) is 6.79. The third kappa shape index (κ3) is 7.28. The van der Waals surface area contributed by atoms with Gasteiger partial charge in [-0.05, 0) is 24.6 Å². The minimum absolute atomic E-state index is 0.606. The van der Waals surface area contributed by atoms with Gasteiger partial charge in [0.2, 0.25) is 0 Å². The van der Waals surface area contributed by atoms with Crippen LogP contribution in [0.5, 0.6) is 0 Å². The van der Waals surface area contributed by atoms with E-state index in [2.05, 4.69) is 36.2 Å². The Labute approximate surface area is 116 Å². The molecule has 4 nitrogen and oxygen atoms in total. The Hall–Kier alpha value is -0.940. The van der Waals surface area contributed by atoms with E-state index in [0.717, 1.165) is 26.1 Å². The van der Waals surface area contributed by atoms with Gasteiger partial charge in [0.1, 0.15) is 0 Å². The van der Waals surface area contributed by atoms with Crippen LogP contribution in [-0.4, -0.2) is 45.4 Å². The minimum atomic E-state index is 0.606. The summed E-state index contributed by atoms with van der Waals surface area (Å²) in [6, 6.07) is 8.48. The summed E-state index contributed by atoms with van der Waals surface area (Å²) in [4.78, 5) is 2.30. The normalized spacial score (nSPS) is 11.2. The van der Waals surface area contributed by atoms with Crippen LogP contribution in [0.4, 0.5) is 0 Å². The fourth-order valence-electron chi connectivity index (χ4n) is 1.85. The molecule has 0 aliphatic rings. The SMILES string of the molecule is COCCOCCCN(C)Cc1ccc(CN)cc1. The molecule has 0 saturated carbocycles. The molecule has 0 radical (unpaired) electrons. The van der Waals surface area contributed by atoms with E-state index in [9.17, 15) is 0 Å². The van der Waals surface area contributed by atoms with Crippen molar-refractivity contribution in [1.29, 1.82) is 0 Å². The molecule has 1 rings (SSSR count). The lowest BCUT2D eigenvalue weighted by Crippen LogP contribution is -2.20. The number of methoxy groups -OCH3 is 1. The van der Waals surface area contributed by atoms with Crippen LogP contribution in [0.2, 0.25) is 0 Å². The molecule has 4 heteroatoms. The summed E-state index contributed by atoms with van der Waals surface area (Å²) in [7, 11) is 3.82. The van der Waals surface area contributed by atoms with E-state index in [1.54, 1.807) is 7.11 Å². The fraction of sp³-hybridized carbons (Fsp3) is 0.600. The molecule has 0 amide bonds. The lowest BCUT2D eigenvalue weighted by atomic mass is 10.1. The van der Waals surface area contributed by atoms with Gasteiger partial charge in [-0.25, -0.2) is 0 Å². The fourth-order valence-corrected chi connectivity index (χ4v) is 1.85. The lowest BCUT2D eigenvalue weighted by Gasteiger charge is -2.16. The molecular formula is C15H26N2O2. The number of ether oxygens (including phenoxy) is 2. The average Bonchev–Trinajstić information content (AvgIpc) is 2.43. The van der Waals surface area contributed by atoms with Gasteiger partial charge in [0.25, 0.3) is 0 Å². The van der Waals surface area contributed by atoms with Crippen LogP contribution in [0.1, 0.15) is 17.5 Å². The molecular weight excluding hydrogens is 240 g/mol. The van der Waals surface area contributed by atoms with Crippen molar-refractivity contribution in [2.45, 2.75) is 19.5 Å². The van der Waals surface area contributed by atoms with E-state index < -0.39 is 0 Å². The second kappa shape index (κ2) is 9.92. The summed E-state index contributed by atoms with van der Waals surface area (Å²) in [6.07, 6.45) is 1.04. The van der Waals surface area contributed by atoms with Gasteiger partial charge < -0.3 is 20.1 Å². The van der Waals surface area contributed by atoms with Gasteiger partial charge in [0, 0.05) is 33.4 Å². The van der Waals surface area contributed by atoms with Gasteiger partial charge in [0.05, 0.1) is 13.2 Å². The van der Waals surface area contributed by atoms with Gasteiger partial charge in [-0.1, -0.05) is 24.3 Å². The zero-order valence-corrected chi connectivity index (χ0v) is 12.1. The topological polar surface area (TPSA) is 47.7 Å². The molecule has 0 aliphatic heterocycles. The molecule has 1 aromatic carbocycles. The first-order chi connectivity index (χ1) is 9.26. The maximum Gasteiger partial charge on any atom is 0.0700 e. The van der Waals surface area contributed by atoms with Crippen LogP contribution < -0.4 is 5.73 Å². The van der Waals surface area contributed by atoms with Crippen molar-refractivity contribution in [2.24, 2.45) is 5.73 Å². The third-order valence-electron chi connectivity index (χ3n) is 2.97. The number of nitrogens with zero attached hydrogens (tertiary/aromatic N) is 1. The standard InChI is InChI=1S/C15H26N2O2/c1-17(8-3-9-19-11-10-18-2)13-15-6-4-14(12-16)5-7-15/h4-7H,3,8-13,16H2,1-2H3. The molecule has 0 heterocycles. The van der Waals surface area contributed by atoms with Gasteiger partial charge in [-0.15, -0.1) is 0 Å². The second-order valence-corrected chi connectivity index (χ2v) is 4.72. The molecule has 0 fully saturated rings. The summed E-state index contributed by atoms with van der Waals surface area (Å²) in [5.74, 6) is 0. The van der Waals surface area contributed by atoms with E-state index >= 15 is 0 Å². The van der Waals surface area contributed by atoms with E-state index in [4.69, 9.17) is 15.2 Å². The molecule has 0 saturated heterocycles. The van der Waals surface area contributed by atoms with Crippen molar-refractivity contribution >= 4 is 0 Å². The highest BCUT2D eigenvalue weighted by Crippen LogP contribution is 2.06. The Morgan fingerprint density at radius 1 is 1.05 bits per heavy atom. The summed E-state index contributed by atoms with van der Waals surface area (Å²) >= 11 is 0. The maximum absolute atomic E-state index is 5.58. The van der Waals surface area contributed by atoms with Crippen molar-refractivity contribution in [1.82, 2.24) is 4.90 Å². The van der Waals surface area contributed by atoms with E-state index in [-0.39, 0.29) is 0 Å². The Morgan fingerprint density at radius 2 is 1.74 bits per heavy atom. The molecule has 2 N–H and O–H groups in total. The molecule has 19 heavy (non-hydrogen) atoms. The number of rotatable bonds is 10. The summed E-state index contributed by atoms with van der Waals surface area (Å²) < 4.78 is 10.4. The summed E-state index contributed by atoms with van der Waals surface area (Å²) in [5, 5.41) is 0. The van der Waals surface area contributed by atoms with E-state index in [1.165, 1.54) is 11.1 Å². The number of hydrogen-bond acceptors (Lipinski definition) is 4. The smallest absolute Gasteiger partial charge is 0.0700 e. The highest BCUT2D eigenvalue weighted by Gasteiger charge is 2.00. The van der Waals surface area contributed by atoms with Crippen molar-refractivity contribution in [2.75, 3.05) is 40.5 Å². The van der Waals surface area contributed by atoms with Crippen molar-refractivity contribution < 1.29 is 9.47 Å². The van der Waals surface area contributed by atoms with Gasteiger partial charge in [0.15, 0.2) is 0 Å². The monoisotopic (exact) mass is 266 g/mol. The Balaban J connectivity index is 2.14. The Morgan fingerprint density at radius 3 is 2.37 bits per heavy atom. The summed E-state index contributed by atoms with van der Waals surface area (Å²) in [6.45, 7) is 4.74. The Bertz CT molecular complexity index is 327. The molecule has 0 atom stereocenters. The first-order valence-corrected chi connectivity index (χ1v) is 6.79. The van der Waals surface area contributed by atoms with Gasteiger partial charge in [-0.2, -0.15) is 0 Å². The van der Waals surface area contributed by atoms with Crippen LogP contribution >= 0.6 is 0 Å².